The number of carbonyl (C=O) groups excluding carboxylic acids is 1. The summed E-state index contributed by atoms with van der Waals surface area (Å²) < 4.78 is 30.5. The molecule has 4 nitrogen and oxygen atoms in total. The van der Waals surface area contributed by atoms with Crippen molar-refractivity contribution in [3.63, 3.8) is 0 Å². The summed E-state index contributed by atoms with van der Waals surface area (Å²) in [5.74, 6) is -0.481. The summed E-state index contributed by atoms with van der Waals surface area (Å²) in [6.45, 7) is 3.53. The quantitative estimate of drug-likeness (QED) is 0.819. The summed E-state index contributed by atoms with van der Waals surface area (Å²) in [7, 11) is 0. The van der Waals surface area contributed by atoms with Gasteiger partial charge in [0.15, 0.2) is 0 Å². The molecule has 1 aromatic rings. The van der Waals surface area contributed by atoms with Crippen LogP contribution in [0.15, 0.2) is 6.07 Å². The number of hydrogen-bond donors (Lipinski definition) is 1. The van der Waals surface area contributed by atoms with Crippen molar-refractivity contribution in [1.82, 2.24) is 4.98 Å². The molecular weight excluding hydrogens is 242 g/mol. The van der Waals surface area contributed by atoms with Crippen molar-refractivity contribution in [1.29, 1.82) is 0 Å². The van der Waals surface area contributed by atoms with Crippen LogP contribution in [-0.4, -0.2) is 17.6 Å². The standard InChI is InChI=1S/C12H16F2N2O2/c1-3-18-11(17)5-8-4-9(12(13)14)10(6-15)7(2)16-8/h4,12H,3,5-6,15H2,1-2H3. The predicted octanol–water partition coefficient (Wildman–Crippen LogP) is 1.89. The molecule has 0 atom stereocenters. The maximum absolute atomic E-state index is 12.9. The number of halogens is 2. The van der Waals surface area contributed by atoms with Crippen LogP contribution in [0.25, 0.3) is 0 Å². The SMILES string of the molecule is CCOC(=O)Cc1cc(C(F)F)c(CN)c(C)n1. The number of carbonyl (C=O) groups is 1. The van der Waals surface area contributed by atoms with Crippen molar-refractivity contribution in [3.05, 3.63) is 28.6 Å². The van der Waals surface area contributed by atoms with E-state index in [9.17, 15) is 13.6 Å². The van der Waals surface area contributed by atoms with Gasteiger partial charge >= 0.3 is 5.97 Å². The van der Waals surface area contributed by atoms with Crippen molar-refractivity contribution < 1.29 is 18.3 Å². The van der Waals surface area contributed by atoms with E-state index >= 15 is 0 Å². The topological polar surface area (TPSA) is 65.2 Å². The highest BCUT2D eigenvalue weighted by Gasteiger charge is 2.17. The lowest BCUT2D eigenvalue weighted by molar-refractivity contribution is -0.142. The first kappa shape index (κ1) is 14.5. The molecule has 0 saturated heterocycles. The third-order valence-electron chi connectivity index (χ3n) is 2.49. The number of nitrogens with two attached hydrogens (primary N) is 1. The third-order valence-corrected chi connectivity index (χ3v) is 2.49. The third kappa shape index (κ3) is 3.46. The van der Waals surface area contributed by atoms with E-state index in [0.29, 0.717) is 11.3 Å². The summed E-state index contributed by atoms with van der Waals surface area (Å²) in [5.41, 5.74) is 6.29. The van der Waals surface area contributed by atoms with E-state index in [1.165, 1.54) is 6.07 Å². The number of aromatic nitrogens is 1. The minimum Gasteiger partial charge on any atom is -0.466 e. The molecule has 100 valence electrons. The Balaban J connectivity index is 3.05. The lowest BCUT2D eigenvalue weighted by Crippen LogP contribution is -2.13. The van der Waals surface area contributed by atoms with Gasteiger partial charge in [-0.1, -0.05) is 0 Å². The molecule has 0 bridgehead atoms. The van der Waals surface area contributed by atoms with Crippen LogP contribution in [0.2, 0.25) is 0 Å². The molecule has 18 heavy (non-hydrogen) atoms. The van der Waals surface area contributed by atoms with Crippen LogP contribution in [0.5, 0.6) is 0 Å². The molecule has 2 N–H and O–H groups in total. The zero-order valence-electron chi connectivity index (χ0n) is 10.4. The minimum atomic E-state index is -2.63. The van der Waals surface area contributed by atoms with Crippen molar-refractivity contribution in [3.8, 4) is 0 Å². The number of ether oxygens (including phenoxy) is 1. The fraction of sp³-hybridized carbons (Fsp3) is 0.500. The van der Waals surface area contributed by atoms with Gasteiger partial charge in [0.2, 0.25) is 0 Å². The van der Waals surface area contributed by atoms with E-state index in [4.69, 9.17) is 10.5 Å². The number of alkyl halides is 2. The van der Waals surface area contributed by atoms with Gasteiger partial charge in [0.05, 0.1) is 18.7 Å². The van der Waals surface area contributed by atoms with Crippen LogP contribution in [-0.2, 0) is 22.5 Å². The Morgan fingerprint density at radius 1 is 1.56 bits per heavy atom. The van der Waals surface area contributed by atoms with Crippen LogP contribution in [0.4, 0.5) is 8.78 Å². The van der Waals surface area contributed by atoms with E-state index in [0.717, 1.165) is 0 Å². The molecule has 0 spiro atoms. The van der Waals surface area contributed by atoms with Crippen molar-refractivity contribution in [2.75, 3.05) is 6.61 Å². The summed E-state index contributed by atoms with van der Waals surface area (Å²) in [6, 6.07) is 1.22. The van der Waals surface area contributed by atoms with Crippen molar-refractivity contribution in [2.45, 2.75) is 33.2 Å². The average molecular weight is 258 g/mol. The van der Waals surface area contributed by atoms with Crippen molar-refractivity contribution in [2.24, 2.45) is 5.73 Å². The summed E-state index contributed by atoms with van der Waals surface area (Å²) in [4.78, 5) is 15.4. The highest BCUT2D eigenvalue weighted by molar-refractivity contribution is 5.72. The van der Waals surface area contributed by atoms with E-state index in [1.54, 1.807) is 13.8 Å². The molecular formula is C12H16F2N2O2. The molecule has 0 saturated carbocycles. The van der Waals surface area contributed by atoms with Gasteiger partial charge in [-0.15, -0.1) is 0 Å². The summed E-state index contributed by atoms with van der Waals surface area (Å²) in [6.07, 6.45) is -2.75. The molecule has 0 aliphatic rings. The molecule has 0 aromatic carbocycles. The lowest BCUT2D eigenvalue weighted by Gasteiger charge is -2.12. The Morgan fingerprint density at radius 2 is 2.22 bits per heavy atom. The van der Waals surface area contributed by atoms with Gasteiger partial charge in [0.25, 0.3) is 6.43 Å². The second kappa shape index (κ2) is 6.39. The average Bonchev–Trinajstić information content (AvgIpc) is 2.28. The van der Waals surface area contributed by atoms with E-state index in [-0.39, 0.29) is 30.8 Å². The van der Waals surface area contributed by atoms with Crippen LogP contribution < -0.4 is 5.73 Å². The maximum Gasteiger partial charge on any atom is 0.311 e. The van der Waals surface area contributed by atoms with Crippen molar-refractivity contribution >= 4 is 5.97 Å². The number of hydrogen-bond acceptors (Lipinski definition) is 4. The molecule has 1 heterocycles. The van der Waals surface area contributed by atoms with Gasteiger partial charge in [-0.05, 0) is 25.5 Å². The van der Waals surface area contributed by atoms with Gasteiger partial charge < -0.3 is 10.5 Å². The first-order valence-electron chi connectivity index (χ1n) is 5.62. The van der Waals surface area contributed by atoms with Crippen LogP contribution in [0, 0.1) is 6.92 Å². The Kier molecular flexibility index (Phi) is 5.15. The minimum absolute atomic E-state index is 0.00179. The number of pyridine rings is 1. The summed E-state index contributed by atoms with van der Waals surface area (Å²) in [5, 5.41) is 0. The Morgan fingerprint density at radius 3 is 2.72 bits per heavy atom. The van der Waals surface area contributed by atoms with Crippen LogP contribution in [0.1, 0.15) is 35.9 Å². The van der Waals surface area contributed by atoms with E-state index in [1.807, 2.05) is 0 Å². The first-order chi connectivity index (χ1) is 8.49. The fourth-order valence-electron chi connectivity index (χ4n) is 1.70. The van der Waals surface area contributed by atoms with E-state index in [2.05, 4.69) is 4.98 Å². The molecule has 0 aliphatic heterocycles. The molecule has 0 unspecified atom stereocenters. The fourth-order valence-corrected chi connectivity index (χ4v) is 1.70. The zero-order valence-corrected chi connectivity index (χ0v) is 10.4. The van der Waals surface area contributed by atoms with Gasteiger partial charge in [-0.25, -0.2) is 8.78 Å². The van der Waals surface area contributed by atoms with Gasteiger partial charge in [0.1, 0.15) is 0 Å². The molecule has 0 aliphatic carbocycles. The highest BCUT2D eigenvalue weighted by atomic mass is 19.3. The maximum atomic E-state index is 12.9. The smallest absolute Gasteiger partial charge is 0.311 e. The zero-order chi connectivity index (χ0) is 13.7. The second-order valence-corrected chi connectivity index (χ2v) is 3.75. The molecule has 1 aromatic heterocycles. The Bertz CT molecular complexity index is 436. The highest BCUT2D eigenvalue weighted by Crippen LogP contribution is 2.25. The van der Waals surface area contributed by atoms with Crippen LogP contribution in [0.3, 0.4) is 0 Å². The summed E-state index contributed by atoms with van der Waals surface area (Å²) >= 11 is 0. The number of esters is 1. The van der Waals surface area contributed by atoms with E-state index < -0.39 is 12.4 Å². The van der Waals surface area contributed by atoms with Crippen LogP contribution >= 0.6 is 0 Å². The van der Waals surface area contributed by atoms with Gasteiger partial charge in [-0.3, -0.25) is 9.78 Å². The second-order valence-electron chi connectivity index (χ2n) is 3.75. The monoisotopic (exact) mass is 258 g/mol. The molecule has 0 amide bonds. The largest absolute Gasteiger partial charge is 0.466 e. The predicted molar refractivity (Wildman–Crippen MR) is 62.2 cm³/mol. The molecule has 6 heteroatoms. The molecule has 0 fully saturated rings. The number of nitrogens with zero attached hydrogens (tertiary/aromatic N) is 1. The Hall–Kier alpha value is -1.56. The normalized spacial score (nSPS) is 10.8. The first-order valence-corrected chi connectivity index (χ1v) is 5.62. The Labute approximate surface area is 104 Å². The number of rotatable bonds is 5. The molecule has 0 radical (unpaired) electrons. The lowest BCUT2D eigenvalue weighted by atomic mass is 10.0. The van der Waals surface area contributed by atoms with Gasteiger partial charge in [0, 0.05) is 17.8 Å². The van der Waals surface area contributed by atoms with Gasteiger partial charge in [-0.2, -0.15) is 0 Å². The molecule has 1 rings (SSSR count). The number of aryl methyl sites for hydroxylation is 1.